The van der Waals surface area contributed by atoms with E-state index in [1.165, 1.54) is 0 Å². The molecule has 0 spiro atoms. The van der Waals surface area contributed by atoms with Gasteiger partial charge in [0, 0.05) is 0 Å². The van der Waals surface area contributed by atoms with Gasteiger partial charge in [0.15, 0.2) is 0 Å². The summed E-state index contributed by atoms with van der Waals surface area (Å²) in [6.45, 7) is 0. The van der Waals surface area contributed by atoms with Crippen molar-refractivity contribution in [1.29, 1.82) is 0 Å². The first-order valence-corrected chi connectivity index (χ1v) is 6.98. The summed E-state index contributed by atoms with van der Waals surface area (Å²) in [6, 6.07) is 2.15. The molecule has 18 heavy (non-hydrogen) atoms. The molecule has 0 amide bonds. The number of carboxylic acid groups (broad SMARTS) is 1. The Hall–Kier alpha value is -1.38. The molecule has 1 heterocycles. The Bertz CT molecular complexity index is 528. The first-order chi connectivity index (χ1) is 8.49. The Balaban J connectivity index is 2.02. The van der Waals surface area contributed by atoms with Crippen molar-refractivity contribution >= 4 is 16.0 Å². The third-order valence-electron chi connectivity index (χ3n) is 2.68. The topological polar surface area (TPSA) is 106 Å². The Morgan fingerprint density at radius 1 is 1.39 bits per heavy atom. The summed E-state index contributed by atoms with van der Waals surface area (Å²) in [7, 11) is -3.96. The van der Waals surface area contributed by atoms with Crippen LogP contribution in [0.4, 0.5) is 0 Å². The minimum Gasteiger partial charge on any atom is -0.475 e. The summed E-state index contributed by atoms with van der Waals surface area (Å²) in [6.07, 6.45) is 3.50. The van der Waals surface area contributed by atoms with Crippen LogP contribution in [0.2, 0.25) is 0 Å². The van der Waals surface area contributed by atoms with E-state index in [-0.39, 0.29) is 6.10 Å². The maximum absolute atomic E-state index is 11.7. The van der Waals surface area contributed by atoms with Crippen LogP contribution in [-0.2, 0) is 14.9 Å². The standard InChI is InChI=1S/C10H13NO6S/c12-10(13)8-5-6-9(16-8)18(14,15)11-17-7-3-1-2-4-7/h5-7,11H,1-4H2,(H,12,13). The van der Waals surface area contributed by atoms with Gasteiger partial charge < -0.3 is 9.52 Å². The van der Waals surface area contributed by atoms with E-state index in [1.54, 1.807) is 0 Å². The van der Waals surface area contributed by atoms with Crippen LogP contribution < -0.4 is 4.89 Å². The minimum atomic E-state index is -3.96. The summed E-state index contributed by atoms with van der Waals surface area (Å²) in [5.74, 6) is -1.76. The second-order valence-corrected chi connectivity index (χ2v) is 5.61. The van der Waals surface area contributed by atoms with Gasteiger partial charge in [-0.1, -0.05) is 17.7 Å². The third-order valence-corrected chi connectivity index (χ3v) is 3.75. The van der Waals surface area contributed by atoms with Gasteiger partial charge in [0.1, 0.15) is 0 Å². The molecular formula is C10H13NO6S. The fourth-order valence-electron chi connectivity index (χ4n) is 1.76. The van der Waals surface area contributed by atoms with Gasteiger partial charge in [-0.15, -0.1) is 0 Å². The zero-order valence-corrected chi connectivity index (χ0v) is 10.3. The van der Waals surface area contributed by atoms with E-state index in [1.807, 2.05) is 4.89 Å². The smallest absolute Gasteiger partial charge is 0.371 e. The molecule has 0 aromatic carbocycles. The van der Waals surface area contributed by atoms with Crippen LogP contribution in [0.15, 0.2) is 21.6 Å². The largest absolute Gasteiger partial charge is 0.475 e. The first-order valence-electron chi connectivity index (χ1n) is 5.49. The van der Waals surface area contributed by atoms with Gasteiger partial charge in [0.25, 0.3) is 10.0 Å². The highest BCUT2D eigenvalue weighted by Gasteiger charge is 2.24. The van der Waals surface area contributed by atoms with Crippen molar-refractivity contribution in [3.8, 4) is 0 Å². The van der Waals surface area contributed by atoms with Crippen LogP contribution in [-0.4, -0.2) is 25.6 Å². The molecular weight excluding hydrogens is 262 g/mol. The van der Waals surface area contributed by atoms with Gasteiger partial charge in [-0.2, -0.15) is 0 Å². The lowest BCUT2D eigenvalue weighted by atomic mass is 10.3. The van der Waals surface area contributed by atoms with Crippen molar-refractivity contribution in [2.24, 2.45) is 0 Å². The number of rotatable bonds is 5. The summed E-state index contributed by atoms with van der Waals surface area (Å²) >= 11 is 0. The SMILES string of the molecule is O=C(O)c1ccc(S(=O)(=O)NOC2CCCC2)o1. The number of carboxylic acids is 1. The zero-order valence-electron chi connectivity index (χ0n) is 9.46. The molecule has 0 aliphatic heterocycles. The van der Waals surface area contributed by atoms with E-state index in [0.29, 0.717) is 0 Å². The monoisotopic (exact) mass is 275 g/mol. The predicted molar refractivity (Wildman–Crippen MR) is 59.3 cm³/mol. The van der Waals surface area contributed by atoms with Crippen molar-refractivity contribution in [2.45, 2.75) is 36.9 Å². The first kappa shape index (κ1) is 13.1. The highest BCUT2D eigenvalue weighted by Crippen LogP contribution is 2.21. The van der Waals surface area contributed by atoms with Crippen LogP contribution in [0.25, 0.3) is 0 Å². The van der Waals surface area contributed by atoms with Gasteiger partial charge in [-0.25, -0.2) is 13.2 Å². The van der Waals surface area contributed by atoms with Crippen molar-refractivity contribution in [1.82, 2.24) is 4.89 Å². The molecule has 1 saturated carbocycles. The lowest BCUT2D eigenvalue weighted by molar-refractivity contribution is 0.0215. The molecule has 100 valence electrons. The number of sulfonamides is 1. The van der Waals surface area contributed by atoms with E-state index >= 15 is 0 Å². The lowest BCUT2D eigenvalue weighted by Gasteiger charge is -2.10. The average molecular weight is 275 g/mol. The van der Waals surface area contributed by atoms with Crippen LogP contribution in [0, 0.1) is 0 Å². The number of nitrogens with one attached hydrogen (secondary N) is 1. The van der Waals surface area contributed by atoms with Crippen molar-refractivity contribution in [3.05, 3.63) is 17.9 Å². The second-order valence-electron chi connectivity index (χ2n) is 4.03. The van der Waals surface area contributed by atoms with Crippen molar-refractivity contribution in [2.75, 3.05) is 0 Å². The van der Waals surface area contributed by atoms with Crippen LogP contribution in [0.5, 0.6) is 0 Å². The Labute approximate surface area is 104 Å². The molecule has 8 heteroatoms. The highest BCUT2D eigenvalue weighted by atomic mass is 32.2. The fourth-order valence-corrected chi connectivity index (χ4v) is 2.55. The molecule has 1 aromatic rings. The Morgan fingerprint density at radius 3 is 2.61 bits per heavy atom. The molecule has 2 N–H and O–H groups in total. The average Bonchev–Trinajstić information content (AvgIpc) is 2.98. The molecule has 0 saturated heterocycles. The molecule has 1 aliphatic carbocycles. The molecule has 2 rings (SSSR count). The molecule has 0 radical (unpaired) electrons. The number of furan rings is 1. The molecule has 0 unspecified atom stereocenters. The van der Waals surface area contributed by atoms with Crippen LogP contribution in [0.3, 0.4) is 0 Å². The summed E-state index contributed by atoms with van der Waals surface area (Å²) in [5, 5.41) is 8.15. The minimum absolute atomic E-state index is 0.131. The number of carbonyl (C=O) groups is 1. The van der Waals surface area contributed by atoms with Gasteiger partial charge in [-0.3, -0.25) is 4.84 Å². The molecule has 1 fully saturated rings. The zero-order chi connectivity index (χ0) is 13.2. The maximum atomic E-state index is 11.7. The molecule has 0 bridgehead atoms. The van der Waals surface area contributed by atoms with Crippen LogP contribution >= 0.6 is 0 Å². The van der Waals surface area contributed by atoms with Gasteiger partial charge in [-0.05, 0) is 25.0 Å². The number of aromatic carboxylic acids is 1. The summed E-state index contributed by atoms with van der Waals surface area (Å²) < 4.78 is 28.1. The second kappa shape index (κ2) is 5.09. The number of hydrogen-bond acceptors (Lipinski definition) is 5. The molecule has 1 aliphatic rings. The fraction of sp³-hybridized carbons (Fsp3) is 0.500. The molecule has 7 nitrogen and oxygen atoms in total. The predicted octanol–water partition coefficient (Wildman–Crippen LogP) is 1.13. The Morgan fingerprint density at radius 2 is 2.06 bits per heavy atom. The van der Waals surface area contributed by atoms with Crippen molar-refractivity contribution in [3.63, 3.8) is 0 Å². The van der Waals surface area contributed by atoms with E-state index < -0.39 is 26.8 Å². The van der Waals surface area contributed by atoms with Gasteiger partial charge in [0.05, 0.1) is 6.10 Å². The molecule has 0 atom stereocenters. The maximum Gasteiger partial charge on any atom is 0.371 e. The van der Waals surface area contributed by atoms with E-state index in [4.69, 9.17) is 14.4 Å². The summed E-state index contributed by atoms with van der Waals surface area (Å²) in [5.41, 5.74) is 0. The normalized spacial score (nSPS) is 17.1. The molecule has 1 aromatic heterocycles. The van der Waals surface area contributed by atoms with E-state index in [2.05, 4.69) is 0 Å². The third kappa shape index (κ3) is 2.89. The summed E-state index contributed by atoms with van der Waals surface area (Å²) in [4.78, 5) is 17.6. The van der Waals surface area contributed by atoms with Gasteiger partial charge >= 0.3 is 5.97 Å². The van der Waals surface area contributed by atoms with E-state index in [0.717, 1.165) is 37.8 Å². The lowest BCUT2D eigenvalue weighted by Crippen LogP contribution is -2.28. The Kier molecular flexibility index (Phi) is 3.69. The van der Waals surface area contributed by atoms with Gasteiger partial charge in [0.2, 0.25) is 10.9 Å². The number of hydrogen-bond donors (Lipinski definition) is 2. The van der Waals surface area contributed by atoms with Crippen LogP contribution in [0.1, 0.15) is 36.2 Å². The highest BCUT2D eigenvalue weighted by molar-refractivity contribution is 7.89. The van der Waals surface area contributed by atoms with E-state index in [9.17, 15) is 13.2 Å². The quantitative estimate of drug-likeness (QED) is 0.780. The van der Waals surface area contributed by atoms with Crippen molar-refractivity contribution < 1.29 is 27.6 Å².